The van der Waals surface area contributed by atoms with Crippen molar-refractivity contribution in [2.24, 2.45) is 4.99 Å². The molecule has 0 N–H and O–H groups in total. The van der Waals surface area contributed by atoms with Crippen molar-refractivity contribution < 1.29 is 0 Å². The lowest BCUT2D eigenvalue weighted by Crippen LogP contribution is -2.06. The van der Waals surface area contributed by atoms with E-state index >= 15 is 0 Å². The highest BCUT2D eigenvalue weighted by Crippen LogP contribution is 2.25. The van der Waals surface area contributed by atoms with Crippen LogP contribution in [0.4, 0.5) is 11.4 Å². The molecule has 1 aromatic rings. The van der Waals surface area contributed by atoms with Crippen LogP contribution in [-0.4, -0.2) is 18.7 Å². The number of hydrogen-bond acceptors (Lipinski definition) is 3. The van der Waals surface area contributed by atoms with Gasteiger partial charge in [-0.3, -0.25) is 9.98 Å². The van der Waals surface area contributed by atoms with Crippen LogP contribution in [0.15, 0.2) is 36.2 Å². The molecule has 0 amide bonds. The van der Waals surface area contributed by atoms with E-state index in [4.69, 9.17) is 0 Å². The molecular weight excluding hydrogens is 150 g/mol. The van der Waals surface area contributed by atoms with Crippen molar-refractivity contribution in [2.45, 2.75) is 0 Å². The second-order valence-corrected chi connectivity index (χ2v) is 2.32. The molecule has 1 rings (SSSR count). The van der Waals surface area contributed by atoms with Gasteiger partial charge in [0.2, 0.25) is 0 Å². The van der Waals surface area contributed by atoms with Crippen molar-refractivity contribution in [3.8, 4) is 0 Å². The van der Waals surface area contributed by atoms with Crippen LogP contribution in [0.5, 0.6) is 0 Å². The highest BCUT2D eigenvalue weighted by Gasteiger charge is 2.01. The number of pyridine rings is 1. The molecule has 0 bridgehead atoms. The van der Waals surface area contributed by atoms with Gasteiger partial charge in [0.15, 0.2) is 0 Å². The normalized spacial score (nSPS) is 9.08. The van der Waals surface area contributed by atoms with E-state index in [0.29, 0.717) is 0 Å². The zero-order chi connectivity index (χ0) is 8.97. The van der Waals surface area contributed by atoms with Crippen LogP contribution in [0.3, 0.4) is 0 Å². The molecule has 3 heteroatoms. The predicted octanol–water partition coefficient (Wildman–Crippen LogP) is 1.99. The quantitative estimate of drug-likeness (QED) is 0.634. The number of hydrogen-bond donors (Lipinski definition) is 0. The molecule has 62 valence electrons. The second-order valence-electron chi connectivity index (χ2n) is 2.32. The first-order valence-corrected chi connectivity index (χ1v) is 3.55. The van der Waals surface area contributed by atoms with E-state index in [1.807, 2.05) is 18.0 Å². The Hall–Kier alpha value is -1.64. The second kappa shape index (κ2) is 3.67. The fourth-order valence-electron chi connectivity index (χ4n) is 0.897. The van der Waals surface area contributed by atoms with E-state index in [1.165, 1.54) is 0 Å². The van der Waals surface area contributed by atoms with Crippen LogP contribution >= 0.6 is 0 Å². The summed E-state index contributed by atoms with van der Waals surface area (Å²) >= 11 is 0. The van der Waals surface area contributed by atoms with Gasteiger partial charge in [0.25, 0.3) is 0 Å². The summed E-state index contributed by atoms with van der Waals surface area (Å²) in [5.74, 6) is 0. The number of aliphatic imine (C=N–C) groups is 1. The Balaban J connectivity index is 3.12. The van der Waals surface area contributed by atoms with Crippen molar-refractivity contribution in [1.29, 1.82) is 0 Å². The number of nitrogens with zero attached hydrogens (tertiary/aromatic N) is 3. The average molecular weight is 161 g/mol. The van der Waals surface area contributed by atoms with E-state index in [0.717, 1.165) is 11.4 Å². The van der Waals surface area contributed by atoms with Crippen LogP contribution in [-0.2, 0) is 0 Å². The zero-order valence-corrected chi connectivity index (χ0v) is 7.07. The molecule has 1 aromatic heterocycles. The minimum atomic E-state index is 0.764. The van der Waals surface area contributed by atoms with E-state index < -0.39 is 0 Å². The van der Waals surface area contributed by atoms with Crippen LogP contribution in [0.1, 0.15) is 0 Å². The van der Waals surface area contributed by atoms with Crippen molar-refractivity contribution in [3.05, 3.63) is 31.2 Å². The summed E-state index contributed by atoms with van der Waals surface area (Å²) in [6.45, 7) is 7.11. The minimum Gasteiger partial charge on any atom is -0.350 e. The predicted molar refractivity (Wildman–Crippen MR) is 52.0 cm³/mol. The molecule has 0 atom stereocenters. The summed E-state index contributed by atoms with van der Waals surface area (Å²) in [4.78, 5) is 9.64. The minimum absolute atomic E-state index is 0.764. The fraction of sp³-hybridized carbons (Fsp3) is 0.111. The van der Waals surface area contributed by atoms with Crippen LogP contribution < -0.4 is 4.90 Å². The Morgan fingerprint density at radius 1 is 1.67 bits per heavy atom. The Labute approximate surface area is 72.1 Å². The van der Waals surface area contributed by atoms with E-state index in [9.17, 15) is 0 Å². The lowest BCUT2D eigenvalue weighted by atomic mass is 10.3. The van der Waals surface area contributed by atoms with E-state index in [-0.39, 0.29) is 0 Å². The maximum Gasteiger partial charge on any atom is 0.104 e. The van der Waals surface area contributed by atoms with Gasteiger partial charge in [0.1, 0.15) is 5.69 Å². The summed E-state index contributed by atoms with van der Waals surface area (Å²) in [5.41, 5.74) is 1.72. The third-order valence-electron chi connectivity index (χ3n) is 1.60. The van der Waals surface area contributed by atoms with Gasteiger partial charge in [-0.25, -0.2) is 0 Å². The Morgan fingerprint density at radius 3 is 3.00 bits per heavy atom. The van der Waals surface area contributed by atoms with Crippen molar-refractivity contribution >= 4 is 18.1 Å². The van der Waals surface area contributed by atoms with Crippen molar-refractivity contribution in [3.63, 3.8) is 0 Å². The number of rotatable bonds is 3. The molecule has 0 aromatic carbocycles. The molecular formula is C9H11N3. The Bertz CT molecular complexity index is 294. The molecule has 0 aliphatic carbocycles. The Kier molecular flexibility index (Phi) is 2.58. The summed E-state index contributed by atoms with van der Waals surface area (Å²) < 4.78 is 0. The van der Waals surface area contributed by atoms with Crippen molar-refractivity contribution in [1.82, 2.24) is 4.98 Å². The van der Waals surface area contributed by atoms with Crippen LogP contribution in [0.25, 0.3) is 0 Å². The smallest absolute Gasteiger partial charge is 0.104 e. The summed E-state index contributed by atoms with van der Waals surface area (Å²) in [6.07, 6.45) is 5.09. The SMILES string of the molecule is C=CN(C)c1ccncc1N=C. The highest BCUT2D eigenvalue weighted by molar-refractivity contribution is 5.68. The van der Waals surface area contributed by atoms with Gasteiger partial charge in [-0.1, -0.05) is 6.58 Å². The zero-order valence-electron chi connectivity index (χ0n) is 7.07. The van der Waals surface area contributed by atoms with E-state index in [2.05, 4.69) is 23.3 Å². The standard InChI is InChI=1S/C9H11N3/c1-4-12(3)9-5-6-11-7-8(9)10-2/h4-7H,1-2H2,3H3. The lowest BCUT2D eigenvalue weighted by molar-refractivity contribution is 1.18. The highest BCUT2D eigenvalue weighted by atomic mass is 15.1. The molecule has 3 nitrogen and oxygen atoms in total. The Morgan fingerprint density at radius 2 is 2.42 bits per heavy atom. The molecule has 1 heterocycles. The largest absolute Gasteiger partial charge is 0.350 e. The summed E-state index contributed by atoms with van der Waals surface area (Å²) in [6, 6.07) is 1.87. The molecule has 0 saturated heterocycles. The lowest BCUT2D eigenvalue weighted by Gasteiger charge is -2.14. The van der Waals surface area contributed by atoms with Gasteiger partial charge in [0.05, 0.1) is 11.9 Å². The van der Waals surface area contributed by atoms with E-state index in [1.54, 1.807) is 18.6 Å². The first kappa shape index (κ1) is 8.46. The molecule has 0 fully saturated rings. The molecule has 12 heavy (non-hydrogen) atoms. The molecule has 0 aliphatic rings. The van der Waals surface area contributed by atoms with Gasteiger partial charge < -0.3 is 4.90 Å². The topological polar surface area (TPSA) is 28.5 Å². The fourth-order valence-corrected chi connectivity index (χ4v) is 0.897. The maximum absolute atomic E-state index is 3.94. The average Bonchev–Trinajstić information content (AvgIpc) is 2.16. The van der Waals surface area contributed by atoms with Gasteiger partial charge >= 0.3 is 0 Å². The third-order valence-corrected chi connectivity index (χ3v) is 1.60. The third kappa shape index (κ3) is 1.50. The molecule has 0 spiro atoms. The summed E-state index contributed by atoms with van der Waals surface area (Å²) in [7, 11) is 1.90. The number of aromatic nitrogens is 1. The van der Waals surface area contributed by atoms with Gasteiger partial charge in [-0.05, 0) is 19.0 Å². The molecule has 0 saturated carbocycles. The van der Waals surface area contributed by atoms with Gasteiger partial charge in [-0.2, -0.15) is 0 Å². The molecule has 0 radical (unpaired) electrons. The molecule has 0 unspecified atom stereocenters. The molecule has 0 aliphatic heterocycles. The van der Waals surface area contributed by atoms with Gasteiger partial charge in [0, 0.05) is 13.2 Å². The van der Waals surface area contributed by atoms with Crippen LogP contribution in [0, 0.1) is 0 Å². The van der Waals surface area contributed by atoms with Crippen molar-refractivity contribution in [2.75, 3.05) is 11.9 Å². The first-order chi connectivity index (χ1) is 5.79. The monoisotopic (exact) mass is 161 g/mol. The first-order valence-electron chi connectivity index (χ1n) is 3.55. The van der Waals surface area contributed by atoms with Gasteiger partial charge in [-0.15, -0.1) is 0 Å². The van der Waals surface area contributed by atoms with Crippen LogP contribution in [0.2, 0.25) is 0 Å². The number of anilines is 1. The summed E-state index contributed by atoms with van der Waals surface area (Å²) in [5, 5.41) is 0. The maximum atomic E-state index is 3.94.